The van der Waals surface area contributed by atoms with Crippen LogP contribution in [-0.2, 0) is 4.79 Å². The first-order chi connectivity index (χ1) is 13.5. The third kappa shape index (κ3) is 4.08. The normalized spacial score (nSPS) is 19.3. The Labute approximate surface area is 163 Å². The summed E-state index contributed by atoms with van der Waals surface area (Å²) < 4.78 is 47.3. The molecule has 0 spiro atoms. The van der Waals surface area contributed by atoms with Crippen LogP contribution < -0.4 is 19.7 Å². The van der Waals surface area contributed by atoms with Gasteiger partial charge in [0.25, 0.3) is 5.91 Å². The average molecular weight is 410 g/mol. The Balaban J connectivity index is 1.83. The summed E-state index contributed by atoms with van der Waals surface area (Å²) in [6, 6.07) is 3.30. The highest BCUT2D eigenvalue weighted by molar-refractivity contribution is 6.23. The molecular weight excluding hydrogens is 393 g/mol. The molecule has 2 heterocycles. The van der Waals surface area contributed by atoms with Crippen LogP contribution in [0, 0.1) is 6.92 Å². The Morgan fingerprint density at radius 2 is 1.86 bits per heavy atom. The van der Waals surface area contributed by atoms with Gasteiger partial charge in [0.15, 0.2) is 11.5 Å². The van der Waals surface area contributed by atoms with Gasteiger partial charge in [-0.15, -0.1) is 13.2 Å². The number of alkyl halides is 3. The number of amides is 3. The van der Waals surface area contributed by atoms with Crippen molar-refractivity contribution < 1.29 is 32.2 Å². The smallest absolute Gasteiger partial charge is 0.420 e. The van der Waals surface area contributed by atoms with E-state index >= 15 is 0 Å². The Morgan fingerprint density at radius 3 is 2.41 bits per heavy atom. The van der Waals surface area contributed by atoms with Gasteiger partial charge in [0.1, 0.15) is 5.54 Å². The van der Waals surface area contributed by atoms with E-state index in [-0.39, 0.29) is 23.0 Å². The third-order valence-corrected chi connectivity index (χ3v) is 4.44. The van der Waals surface area contributed by atoms with Gasteiger partial charge in [0, 0.05) is 0 Å². The zero-order valence-corrected chi connectivity index (χ0v) is 15.7. The lowest BCUT2D eigenvalue weighted by Crippen LogP contribution is -2.43. The maximum absolute atomic E-state index is 12.6. The monoisotopic (exact) mass is 410 g/mol. The minimum absolute atomic E-state index is 0.105. The van der Waals surface area contributed by atoms with Crippen molar-refractivity contribution in [3.63, 3.8) is 0 Å². The van der Waals surface area contributed by atoms with Gasteiger partial charge in [-0.25, -0.2) is 19.7 Å². The van der Waals surface area contributed by atoms with Crippen LogP contribution in [0.5, 0.6) is 17.5 Å². The molecule has 1 saturated heterocycles. The molecule has 1 fully saturated rings. The number of para-hydroxylation sites is 1. The minimum Gasteiger partial charge on any atom is -0.420 e. The lowest BCUT2D eigenvalue weighted by Gasteiger charge is -2.19. The van der Waals surface area contributed by atoms with Gasteiger partial charge in [-0.1, -0.05) is 19.1 Å². The fraction of sp³-hybridized carbons (Fsp3) is 0.333. The molecule has 1 aliphatic rings. The molecule has 2 aromatic rings. The van der Waals surface area contributed by atoms with Gasteiger partial charge in [0.2, 0.25) is 0 Å². The van der Waals surface area contributed by atoms with E-state index in [4.69, 9.17) is 4.74 Å². The summed E-state index contributed by atoms with van der Waals surface area (Å²) in [6.45, 7) is 4.79. The maximum Gasteiger partial charge on any atom is 0.573 e. The fourth-order valence-corrected chi connectivity index (χ4v) is 2.69. The van der Waals surface area contributed by atoms with Crippen LogP contribution in [0.2, 0.25) is 0 Å². The van der Waals surface area contributed by atoms with Gasteiger partial charge >= 0.3 is 18.4 Å². The zero-order chi connectivity index (χ0) is 21.4. The van der Waals surface area contributed by atoms with Crippen LogP contribution in [0.25, 0.3) is 0 Å². The zero-order valence-electron chi connectivity index (χ0n) is 15.7. The number of carbonyl (C=O) groups excluding carboxylic acids is 2. The highest BCUT2D eigenvalue weighted by Gasteiger charge is 2.47. The second kappa shape index (κ2) is 7.22. The minimum atomic E-state index is -4.90. The predicted octanol–water partition coefficient (Wildman–Crippen LogP) is 3.70. The molecule has 0 aliphatic carbocycles. The summed E-state index contributed by atoms with van der Waals surface area (Å²) in [5, 5.41) is 2.60. The Hall–Kier alpha value is -3.37. The van der Waals surface area contributed by atoms with Crippen molar-refractivity contribution in [1.29, 1.82) is 0 Å². The van der Waals surface area contributed by atoms with E-state index in [1.807, 2.05) is 0 Å². The van der Waals surface area contributed by atoms with Crippen molar-refractivity contribution in [2.24, 2.45) is 0 Å². The number of aryl methyl sites for hydroxylation is 1. The molecule has 29 heavy (non-hydrogen) atoms. The van der Waals surface area contributed by atoms with E-state index < -0.39 is 29.6 Å². The maximum atomic E-state index is 12.6. The summed E-state index contributed by atoms with van der Waals surface area (Å²) in [7, 11) is 0. The van der Waals surface area contributed by atoms with Gasteiger partial charge in [-0.3, -0.25) is 4.79 Å². The second-order valence-corrected chi connectivity index (χ2v) is 6.53. The number of rotatable bonds is 5. The largest absolute Gasteiger partial charge is 0.573 e. The SMILES string of the molecule is CC[C@@]1(C)NC(=O)N(c2cnc(Oc3cccc(C)c3OC(F)(F)F)nc2)C1=O. The van der Waals surface area contributed by atoms with Crippen LogP contribution in [0.15, 0.2) is 30.6 Å². The van der Waals surface area contributed by atoms with E-state index in [1.165, 1.54) is 37.5 Å². The van der Waals surface area contributed by atoms with Crippen LogP contribution in [0.4, 0.5) is 23.7 Å². The topological polar surface area (TPSA) is 93.7 Å². The van der Waals surface area contributed by atoms with Crippen LogP contribution >= 0.6 is 0 Å². The van der Waals surface area contributed by atoms with E-state index in [0.717, 1.165) is 4.90 Å². The molecule has 0 saturated carbocycles. The average Bonchev–Trinajstić information content (AvgIpc) is 2.87. The summed E-state index contributed by atoms with van der Waals surface area (Å²) in [5.41, 5.74) is -0.722. The molecule has 0 radical (unpaired) electrons. The highest BCUT2D eigenvalue weighted by Crippen LogP contribution is 2.37. The van der Waals surface area contributed by atoms with E-state index in [0.29, 0.717) is 6.42 Å². The third-order valence-electron chi connectivity index (χ3n) is 4.44. The lowest BCUT2D eigenvalue weighted by molar-refractivity contribution is -0.275. The number of hydrogen-bond donors (Lipinski definition) is 1. The molecule has 1 N–H and O–H groups in total. The van der Waals surface area contributed by atoms with E-state index in [2.05, 4.69) is 20.0 Å². The fourth-order valence-electron chi connectivity index (χ4n) is 2.69. The molecule has 0 unspecified atom stereocenters. The molecular formula is C18H17F3N4O4. The summed E-state index contributed by atoms with van der Waals surface area (Å²) in [5.74, 6) is -1.20. The molecule has 3 rings (SSSR count). The summed E-state index contributed by atoms with van der Waals surface area (Å²) >= 11 is 0. The Bertz CT molecular complexity index is 949. The van der Waals surface area contributed by atoms with Gasteiger partial charge in [0.05, 0.1) is 18.1 Å². The summed E-state index contributed by atoms with van der Waals surface area (Å²) in [4.78, 5) is 33.3. The van der Waals surface area contributed by atoms with Gasteiger partial charge in [-0.05, 0) is 31.9 Å². The number of nitrogens with one attached hydrogen (secondary N) is 1. The highest BCUT2D eigenvalue weighted by atomic mass is 19.4. The number of anilines is 1. The number of nitrogens with zero attached hydrogens (tertiary/aromatic N) is 3. The first-order valence-corrected chi connectivity index (χ1v) is 8.56. The lowest BCUT2D eigenvalue weighted by atomic mass is 9.99. The first-order valence-electron chi connectivity index (χ1n) is 8.56. The van der Waals surface area contributed by atoms with Crippen LogP contribution in [-0.4, -0.2) is 33.8 Å². The number of benzene rings is 1. The number of urea groups is 1. The van der Waals surface area contributed by atoms with Gasteiger partial charge < -0.3 is 14.8 Å². The quantitative estimate of drug-likeness (QED) is 0.756. The number of hydrogen-bond acceptors (Lipinski definition) is 6. The molecule has 1 aromatic carbocycles. The van der Waals surface area contributed by atoms with Crippen molar-refractivity contribution in [1.82, 2.24) is 15.3 Å². The predicted molar refractivity (Wildman–Crippen MR) is 94.7 cm³/mol. The molecule has 1 atom stereocenters. The van der Waals surface area contributed by atoms with Crippen LogP contribution in [0.1, 0.15) is 25.8 Å². The summed E-state index contributed by atoms with van der Waals surface area (Å²) in [6.07, 6.45) is -2.17. The molecule has 0 bridgehead atoms. The Kier molecular flexibility index (Phi) is 5.07. The molecule has 11 heteroatoms. The van der Waals surface area contributed by atoms with Crippen LogP contribution in [0.3, 0.4) is 0 Å². The Morgan fingerprint density at radius 1 is 1.21 bits per heavy atom. The van der Waals surface area contributed by atoms with Gasteiger partial charge in [-0.2, -0.15) is 0 Å². The van der Waals surface area contributed by atoms with Crippen molar-refractivity contribution in [3.05, 3.63) is 36.2 Å². The molecule has 154 valence electrons. The first kappa shape index (κ1) is 20.4. The number of imide groups is 1. The standard InChI is InChI=1S/C18H17F3N4O4/c1-4-17(3)14(26)25(16(27)24-17)11-8-22-15(23-9-11)28-12-7-5-6-10(2)13(12)29-18(19,20)21/h5-9H,4H2,1-3H3,(H,24,27)/t17-/m1/s1. The number of halogens is 3. The molecule has 1 aromatic heterocycles. The van der Waals surface area contributed by atoms with E-state index in [9.17, 15) is 22.8 Å². The molecule has 3 amide bonds. The number of ether oxygens (including phenoxy) is 2. The number of carbonyl (C=O) groups is 2. The van der Waals surface area contributed by atoms with Crippen molar-refractivity contribution in [2.75, 3.05) is 4.90 Å². The van der Waals surface area contributed by atoms with E-state index in [1.54, 1.807) is 13.8 Å². The van der Waals surface area contributed by atoms with Crippen molar-refractivity contribution >= 4 is 17.6 Å². The van der Waals surface area contributed by atoms with Crippen molar-refractivity contribution in [2.45, 2.75) is 39.1 Å². The molecule has 1 aliphatic heterocycles. The van der Waals surface area contributed by atoms with Crippen molar-refractivity contribution in [3.8, 4) is 17.5 Å². The second-order valence-electron chi connectivity index (χ2n) is 6.53. The number of aromatic nitrogens is 2. The molecule has 8 nitrogen and oxygen atoms in total.